The van der Waals surface area contributed by atoms with Crippen molar-refractivity contribution in [1.82, 2.24) is 0 Å². The van der Waals surface area contributed by atoms with Gasteiger partial charge in [0.25, 0.3) is 0 Å². The summed E-state index contributed by atoms with van der Waals surface area (Å²) in [7, 11) is 0. The molecule has 0 bridgehead atoms. The lowest BCUT2D eigenvalue weighted by Crippen LogP contribution is -2.50. The first-order chi connectivity index (χ1) is 8.89. The lowest BCUT2D eigenvalue weighted by molar-refractivity contribution is -0.359. The molecule has 0 heterocycles. The van der Waals surface area contributed by atoms with E-state index in [-0.39, 0.29) is 5.69 Å². The van der Waals surface area contributed by atoms with E-state index in [1.54, 1.807) is 0 Å². The molecule has 20 heavy (non-hydrogen) atoms. The van der Waals surface area contributed by atoms with Gasteiger partial charge in [0.2, 0.25) is 0 Å². The molecule has 3 nitrogen and oxygen atoms in total. The first-order valence-electron chi connectivity index (χ1n) is 4.89. The van der Waals surface area contributed by atoms with Crippen molar-refractivity contribution in [2.24, 2.45) is 5.73 Å². The number of nitrogens with one attached hydrogen (secondary N) is 1. The molecule has 0 unspecified atom stereocenters. The zero-order valence-electron chi connectivity index (χ0n) is 9.44. The molecule has 10 heteroatoms. The number of rotatable bonds is 3. The Morgan fingerprint density at radius 2 is 1.40 bits per heavy atom. The van der Waals surface area contributed by atoms with Crippen LogP contribution in [0.15, 0.2) is 24.3 Å². The van der Waals surface area contributed by atoms with Gasteiger partial charge in [0.1, 0.15) is 0 Å². The second kappa shape index (κ2) is 4.84. The monoisotopic (exact) mass is 304 g/mol. The summed E-state index contributed by atoms with van der Waals surface area (Å²) in [6.45, 7) is 0. The Kier molecular flexibility index (Phi) is 3.88. The molecule has 0 aliphatic rings. The van der Waals surface area contributed by atoms with Gasteiger partial charge in [-0.2, -0.15) is 30.7 Å². The van der Waals surface area contributed by atoms with Crippen LogP contribution in [0.2, 0.25) is 0 Å². The largest absolute Gasteiger partial charge is 0.460 e. The third-order valence-electron chi connectivity index (χ3n) is 2.27. The van der Waals surface area contributed by atoms with Crippen LogP contribution in [0.3, 0.4) is 0 Å². The van der Waals surface area contributed by atoms with Crippen molar-refractivity contribution in [3.63, 3.8) is 0 Å². The fourth-order valence-corrected chi connectivity index (χ4v) is 1.26. The molecule has 0 aliphatic heterocycles. The van der Waals surface area contributed by atoms with Gasteiger partial charge in [-0.1, -0.05) is 12.1 Å². The van der Waals surface area contributed by atoms with Gasteiger partial charge in [0.05, 0.1) is 0 Å². The quantitative estimate of drug-likeness (QED) is 0.825. The Hall–Kier alpha value is -2.00. The highest BCUT2D eigenvalue weighted by Gasteiger charge is 2.73. The zero-order valence-corrected chi connectivity index (χ0v) is 9.44. The summed E-state index contributed by atoms with van der Waals surface area (Å²) in [5.74, 6) is -11.7. The predicted octanol–water partition coefficient (Wildman–Crippen LogP) is 3.47. The third kappa shape index (κ3) is 2.78. The van der Waals surface area contributed by atoms with Crippen LogP contribution in [0.4, 0.5) is 41.2 Å². The third-order valence-corrected chi connectivity index (χ3v) is 2.27. The highest BCUT2D eigenvalue weighted by atomic mass is 19.4. The van der Waals surface area contributed by atoms with E-state index in [0.29, 0.717) is 12.1 Å². The molecule has 0 radical (unpaired) electrons. The van der Waals surface area contributed by atoms with Crippen molar-refractivity contribution in [2.45, 2.75) is 18.0 Å². The highest BCUT2D eigenvalue weighted by Crippen LogP contribution is 2.51. The zero-order chi connectivity index (χ0) is 15.8. The van der Waals surface area contributed by atoms with E-state index in [1.807, 2.05) is 5.32 Å². The van der Waals surface area contributed by atoms with E-state index < -0.39 is 29.6 Å². The number of primary amides is 1. The molecular formula is C10H7F7N2O. The van der Waals surface area contributed by atoms with Gasteiger partial charge in [0, 0.05) is 11.3 Å². The second-order valence-corrected chi connectivity index (χ2v) is 3.71. The van der Waals surface area contributed by atoms with Crippen LogP contribution in [-0.2, 0) is 5.92 Å². The summed E-state index contributed by atoms with van der Waals surface area (Å²) in [5.41, 5.74) is 3.03. The van der Waals surface area contributed by atoms with Gasteiger partial charge in [-0.15, -0.1) is 0 Å². The van der Waals surface area contributed by atoms with Crippen LogP contribution in [0.5, 0.6) is 0 Å². The Morgan fingerprint density at radius 1 is 0.950 bits per heavy atom. The number of halogens is 7. The molecule has 0 saturated carbocycles. The number of alkyl halides is 7. The average Bonchev–Trinajstić information content (AvgIpc) is 2.27. The molecule has 0 atom stereocenters. The molecule has 2 amide bonds. The van der Waals surface area contributed by atoms with Crippen LogP contribution in [-0.4, -0.2) is 18.1 Å². The second-order valence-electron chi connectivity index (χ2n) is 3.71. The van der Waals surface area contributed by atoms with Gasteiger partial charge in [-0.05, 0) is 12.1 Å². The molecule has 1 aromatic carbocycles. The van der Waals surface area contributed by atoms with Crippen molar-refractivity contribution in [1.29, 1.82) is 0 Å². The summed E-state index contributed by atoms with van der Waals surface area (Å²) in [6.07, 6.45) is -6.40. The summed E-state index contributed by atoms with van der Waals surface area (Å²) >= 11 is 0. The maximum absolute atomic E-state index is 13.2. The number of carbonyl (C=O) groups excluding carboxylic acids is 1. The molecule has 0 aliphatic carbocycles. The number of carbonyl (C=O) groups is 1. The van der Waals surface area contributed by atoms with Gasteiger partial charge < -0.3 is 11.1 Å². The van der Waals surface area contributed by atoms with Crippen molar-refractivity contribution in [2.75, 3.05) is 5.32 Å². The predicted molar refractivity (Wildman–Crippen MR) is 54.5 cm³/mol. The van der Waals surface area contributed by atoms with Crippen LogP contribution < -0.4 is 11.1 Å². The van der Waals surface area contributed by atoms with Crippen LogP contribution >= 0.6 is 0 Å². The normalized spacial score (nSPS) is 13.2. The van der Waals surface area contributed by atoms with Crippen molar-refractivity contribution in [3.8, 4) is 0 Å². The van der Waals surface area contributed by atoms with E-state index in [1.165, 1.54) is 0 Å². The van der Waals surface area contributed by atoms with E-state index in [4.69, 9.17) is 5.73 Å². The van der Waals surface area contributed by atoms with Gasteiger partial charge in [0.15, 0.2) is 0 Å². The van der Waals surface area contributed by atoms with Crippen molar-refractivity contribution >= 4 is 11.7 Å². The first kappa shape index (κ1) is 16.1. The van der Waals surface area contributed by atoms with Crippen molar-refractivity contribution < 1.29 is 35.5 Å². The summed E-state index contributed by atoms with van der Waals surface area (Å²) in [4.78, 5) is 10.4. The van der Waals surface area contributed by atoms with Crippen LogP contribution in [0.1, 0.15) is 5.56 Å². The maximum atomic E-state index is 13.2. The molecule has 112 valence electrons. The van der Waals surface area contributed by atoms with E-state index in [2.05, 4.69) is 0 Å². The Balaban J connectivity index is 3.13. The van der Waals surface area contributed by atoms with Gasteiger partial charge >= 0.3 is 24.1 Å². The minimum Gasteiger partial charge on any atom is -0.351 e. The Labute approximate surface area is 107 Å². The Bertz CT molecular complexity index is 495. The summed E-state index contributed by atoms with van der Waals surface area (Å²) in [5, 5.41) is 1.94. The molecule has 1 rings (SSSR count). The number of hydrogen-bond donors (Lipinski definition) is 2. The fourth-order valence-electron chi connectivity index (χ4n) is 1.26. The van der Waals surface area contributed by atoms with E-state index >= 15 is 0 Å². The van der Waals surface area contributed by atoms with Crippen LogP contribution in [0.25, 0.3) is 0 Å². The molecule has 0 aromatic heterocycles. The number of amides is 2. The number of anilines is 1. The molecule has 3 N–H and O–H groups in total. The highest BCUT2D eigenvalue weighted by molar-refractivity contribution is 5.87. The fraction of sp³-hybridized carbons (Fsp3) is 0.300. The van der Waals surface area contributed by atoms with Crippen LogP contribution in [0, 0.1) is 0 Å². The average molecular weight is 304 g/mol. The SMILES string of the molecule is NC(=O)Nc1ccc(C(F)(F)C(F)(F)C(F)(F)F)cc1. The smallest absolute Gasteiger partial charge is 0.351 e. The molecule has 0 spiro atoms. The lowest BCUT2D eigenvalue weighted by Gasteiger charge is -2.28. The van der Waals surface area contributed by atoms with Crippen molar-refractivity contribution in [3.05, 3.63) is 29.8 Å². The number of hydrogen-bond acceptors (Lipinski definition) is 1. The minimum atomic E-state index is -6.40. The van der Waals surface area contributed by atoms with E-state index in [9.17, 15) is 35.5 Å². The first-order valence-corrected chi connectivity index (χ1v) is 4.89. The van der Waals surface area contributed by atoms with Gasteiger partial charge in [-0.3, -0.25) is 0 Å². The van der Waals surface area contributed by atoms with Gasteiger partial charge in [-0.25, -0.2) is 4.79 Å². The Morgan fingerprint density at radius 3 is 1.75 bits per heavy atom. The number of benzene rings is 1. The topological polar surface area (TPSA) is 55.1 Å². The molecular weight excluding hydrogens is 297 g/mol. The lowest BCUT2D eigenvalue weighted by atomic mass is 10.0. The summed E-state index contributed by atoms with van der Waals surface area (Å²) < 4.78 is 87.9. The molecule has 0 saturated heterocycles. The number of urea groups is 1. The minimum absolute atomic E-state index is 0.132. The maximum Gasteiger partial charge on any atom is 0.460 e. The standard InChI is InChI=1S/C10H7F7N2O/c11-8(12,9(13,14)10(15,16)17)5-1-3-6(4-2-5)19-7(18)20/h1-4H,(H3,18,19,20). The van der Waals surface area contributed by atoms with E-state index in [0.717, 1.165) is 12.1 Å². The molecule has 0 fully saturated rings. The summed E-state index contributed by atoms with van der Waals surface area (Å²) in [6, 6.07) is 1.07. The number of nitrogens with two attached hydrogens (primary N) is 1. The molecule has 1 aromatic rings.